The number of H-pyrrole nitrogens is 1. The van der Waals surface area contributed by atoms with Crippen LogP contribution in [0.1, 0.15) is 37.8 Å². The maximum atomic E-state index is 12.5. The van der Waals surface area contributed by atoms with Crippen LogP contribution in [0.25, 0.3) is 10.9 Å². The molecule has 0 bridgehead atoms. The minimum Gasteiger partial charge on any atom is -0.361 e. The maximum absolute atomic E-state index is 12.5. The Hall–Kier alpha value is -1.37. The summed E-state index contributed by atoms with van der Waals surface area (Å²) in [5.41, 5.74) is 2.85. The normalized spacial score (nSPS) is 17.2. The van der Waals surface area contributed by atoms with Gasteiger partial charge in [0, 0.05) is 35.7 Å². The molecule has 1 aromatic heterocycles. The van der Waals surface area contributed by atoms with Crippen LogP contribution in [0.3, 0.4) is 0 Å². The van der Waals surface area contributed by atoms with Crippen molar-refractivity contribution in [3.05, 3.63) is 35.5 Å². The molecule has 1 saturated heterocycles. The quantitative estimate of drug-likeness (QED) is 0.882. The second-order valence-electron chi connectivity index (χ2n) is 6.82. The first-order valence-electron chi connectivity index (χ1n) is 8.11. The van der Waals surface area contributed by atoms with Gasteiger partial charge in [-0.2, -0.15) is 0 Å². The van der Waals surface area contributed by atoms with E-state index in [9.17, 15) is 8.42 Å². The molecule has 1 aliphatic rings. The molecule has 0 aliphatic carbocycles. The zero-order chi connectivity index (χ0) is 16.7. The van der Waals surface area contributed by atoms with Gasteiger partial charge >= 0.3 is 0 Å². The third kappa shape index (κ3) is 3.16. The minimum absolute atomic E-state index is 0.0769. The monoisotopic (exact) mass is 335 g/mol. The fraction of sp³-hybridized carbons (Fsp3) is 0.529. The molecule has 5 nitrogen and oxygen atoms in total. The summed E-state index contributed by atoms with van der Waals surface area (Å²) in [6.45, 7) is 5.55. The molecule has 3 rings (SSSR count). The third-order valence-corrected chi connectivity index (χ3v) is 6.70. The molecule has 1 aliphatic heterocycles. The van der Waals surface area contributed by atoms with Crippen LogP contribution in [-0.4, -0.2) is 37.8 Å². The molecule has 2 N–H and O–H groups in total. The SMILES string of the molecule is CNC(C)(C)c1c[nH]c2ccc(CS(=O)(=O)N3CCCC3)cc12. The highest BCUT2D eigenvalue weighted by atomic mass is 32.2. The number of hydrogen-bond acceptors (Lipinski definition) is 3. The Morgan fingerprint density at radius 2 is 1.96 bits per heavy atom. The van der Waals surface area contributed by atoms with Crippen molar-refractivity contribution in [1.82, 2.24) is 14.6 Å². The van der Waals surface area contributed by atoms with Crippen molar-refractivity contribution in [3.63, 3.8) is 0 Å². The highest BCUT2D eigenvalue weighted by Gasteiger charge is 2.26. The topological polar surface area (TPSA) is 65.2 Å². The van der Waals surface area contributed by atoms with E-state index in [1.165, 1.54) is 0 Å². The molecule has 0 saturated carbocycles. The molecular formula is C17H25N3O2S. The zero-order valence-corrected chi connectivity index (χ0v) is 14.8. The summed E-state index contributed by atoms with van der Waals surface area (Å²) < 4.78 is 26.7. The first-order valence-corrected chi connectivity index (χ1v) is 9.72. The lowest BCUT2D eigenvalue weighted by atomic mass is 9.93. The van der Waals surface area contributed by atoms with Crippen LogP contribution >= 0.6 is 0 Å². The van der Waals surface area contributed by atoms with Gasteiger partial charge < -0.3 is 10.3 Å². The van der Waals surface area contributed by atoms with Crippen LogP contribution in [0.4, 0.5) is 0 Å². The summed E-state index contributed by atoms with van der Waals surface area (Å²) in [4.78, 5) is 3.27. The maximum Gasteiger partial charge on any atom is 0.218 e. The Balaban J connectivity index is 1.95. The van der Waals surface area contributed by atoms with E-state index in [0.29, 0.717) is 13.1 Å². The molecule has 2 heterocycles. The van der Waals surface area contributed by atoms with Crippen molar-refractivity contribution < 1.29 is 8.42 Å². The van der Waals surface area contributed by atoms with Crippen molar-refractivity contribution in [2.24, 2.45) is 0 Å². The molecule has 1 fully saturated rings. The summed E-state index contributed by atoms with van der Waals surface area (Å²) in [5, 5.41) is 4.38. The van der Waals surface area contributed by atoms with E-state index in [4.69, 9.17) is 0 Å². The first-order chi connectivity index (χ1) is 10.8. The van der Waals surface area contributed by atoms with E-state index in [0.717, 1.165) is 34.9 Å². The van der Waals surface area contributed by atoms with Crippen molar-refractivity contribution >= 4 is 20.9 Å². The molecule has 1 aromatic carbocycles. The van der Waals surface area contributed by atoms with Gasteiger partial charge in [0.2, 0.25) is 10.0 Å². The average molecular weight is 335 g/mol. The molecule has 126 valence electrons. The van der Waals surface area contributed by atoms with Crippen molar-refractivity contribution in [2.45, 2.75) is 38.0 Å². The van der Waals surface area contributed by atoms with E-state index in [2.05, 4.69) is 24.1 Å². The second kappa shape index (κ2) is 5.92. The number of aromatic nitrogens is 1. The summed E-state index contributed by atoms with van der Waals surface area (Å²) >= 11 is 0. The van der Waals surface area contributed by atoms with Crippen molar-refractivity contribution in [3.8, 4) is 0 Å². The minimum atomic E-state index is -3.21. The molecule has 2 aromatic rings. The van der Waals surface area contributed by atoms with Crippen LogP contribution in [0.5, 0.6) is 0 Å². The van der Waals surface area contributed by atoms with Gasteiger partial charge in [0.25, 0.3) is 0 Å². The molecule has 0 unspecified atom stereocenters. The molecule has 0 spiro atoms. The van der Waals surface area contributed by atoms with E-state index in [-0.39, 0.29) is 11.3 Å². The van der Waals surface area contributed by atoms with Gasteiger partial charge in [-0.1, -0.05) is 6.07 Å². The van der Waals surface area contributed by atoms with E-state index in [1.54, 1.807) is 4.31 Å². The number of hydrogen-bond donors (Lipinski definition) is 2. The fourth-order valence-corrected chi connectivity index (χ4v) is 4.78. The second-order valence-corrected chi connectivity index (χ2v) is 8.79. The smallest absolute Gasteiger partial charge is 0.218 e. The van der Waals surface area contributed by atoms with Gasteiger partial charge in [0.05, 0.1) is 5.75 Å². The van der Waals surface area contributed by atoms with Crippen LogP contribution in [0.2, 0.25) is 0 Å². The molecule has 0 amide bonds. The zero-order valence-electron chi connectivity index (χ0n) is 14.0. The van der Waals surface area contributed by atoms with E-state index < -0.39 is 10.0 Å². The fourth-order valence-electron chi connectivity index (χ4n) is 3.18. The van der Waals surface area contributed by atoms with E-state index >= 15 is 0 Å². The molecule has 6 heteroatoms. The van der Waals surface area contributed by atoms with Crippen molar-refractivity contribution in [2.75, 3.05) is 20.1 Å². The van der Waals surface area contributed by atoms with Gasteiger partial charge in [-0.3, -0.25) is 0 Å². The third-order valence-electron chi connectivity index (χ3n) is 4.85. The Labute approximate surface area is 138 Å². The number of aromatic amines is 1. The van der Waals surface area contributed by atoms with Gasteiger partial charge in [-0.05, 0) is 57.0 Å². The predicted octanol–water partition coefficient (Wildman–Crippen LogP) is 2.55. The number of rotatable bonds is 5. The molecule has 0 radical (unpaired) electrons. The Bertz CT molecular complexity index is 802. The van der Waals surface area contributed by atoms with Crippen LogP contribution in [-0.2, 0) is 21.3 Å². The summed E-state index contributed by atoms with van der Waals surface area (Å²) in [7, 11) is -1.28. The highest BCUT2D eigenvalue weighted by Crippen LogP contribution is 2.29. The highest BCUT2D eigenvalue weighted by molar-refractivity contribution is 7.88. The molecular weight excluding hydrogens is 310 g/mol. The predicted molar refractivity (Wildman–Crippen MR) is 93.8 cm³/mol. The summed E-state index contributed by atoms with van der Waals surface area (Å²) in [5.74, 6) is 0.0769. The van der Waals surface area contributed by atoms with Crippen molar-refractivity contribution in [1.29, 1.82) is 0 Å². The van der Waals surface area contributed by atoms with Gasteiger partial charge in [-0.15, -0.1) is 0 Å². The molecule has 0 atom stereocenters. The van der Waals surface area contributed by atoms with Crippen LogP contribution in [0.15, 0.2) is 24.4 Å². The molecule has 23 heavy (non-hydrogen) atoms. The number of nitrogens with one attached hydrogen (secondary N) is 2. The lowest BCUT2D eigenvalue weighted by Gasteiger charge is -2.23. The Morgan fingerprint density at radius 3 is 2.61 bits per heavy atom. The van der Waals surface area contributed by atoms with Gasteiger partial charge in [0.15, 0.2) is 0 Å². The lowest BCUT2D eigenvalue weighted by Crippen LogP contribution is -2.32. The summed E-state index contributed by atoms with van der Waals surface area (Å²) in [6.07, 6.45) is 3.94. The van der Waals surface area contributed by atoms with Gasteiger partial charge in [0.1, 0.15) is 0 Å². The van der Waals surface area contributed by atoms with Crippen LogP contribution in [0, 0.1) is 0 Å². The van der Waals surface area contributed by atoms with Gasteiger partial charge in [-0.25, -0.2) is 12.7 Å². The number of nitrogens with zero attached hydrogens (tertiary/aromatic N) is 1. The lowest BCUT2D eigenvalue weighted by molar-refractivity contribution is 0.448. The van der Waals surface area contributed by atoms with Crippen LogP contribution < -0.4 is 5.32 Å². The number of fused-ring (bicyclic) bond motifs is 1. The van der Waals surface area contributed by atoms with E-state index in [1.807, 2.05) is 31.4 Å². The summed E-state index contributed by atoms with van der Waals surface area (Å²) in [6, 6.07) is 5.88. The number of sulfonamides is 1. The Kier molecular flexibility index (Phi) is 4.25. The Morgan fingerprint density at radius 1 is 1.26 bits per heavy atom. The average Bonchev–Trinajstić information content (AvgIpc) is 3.16. The first kappa shape index (κ1) is 16.5. The standard InChI is InChI=1S/C17H25N3O2S/c1-17(2,18-3)15-11-19-16-7-6-13(10-14(15)16)12-23(21,22)20-8-4-5-9-20/h6-7,10-11,18-19H,4-5,8-9,12H2,1-3H3. The number of benzene rings is 1. The largest absolute Gasteiger partial charge is 0.361 e.